The van der Waals surface area contributed by atoms with Gasteiger partial charge in [0.15, 0.2) is 0 Å². The second-order valence-electron chi connectivity index (χ2n) is 5.49. The maximum Gasteiger partial charge on any atom is 0.225 e. The normalized spacial score (nSPS) is 19.1. The Bertz CT molecular complexity index is 477. The van der Waals surface area contributed by atoms with Crippen LogP contribution in [0.25, 0.3) is 0 Å². The van der Waals surface area contributed by atoms with Crippen molar-refractivity contribution in [3.05, 3.63) is 24.3 Å². The molecule has 0 atom stereocenters. The number of nitrogens with zero attached hydrogens (tertiary/aromatic N) is 2. The van der Waals surface area contributed by atoms with Gasteiger partial charge >= 0.3 is 0 Å². The van der Waals surface area contributed by atoms with Crippen LogP contribution in [0.5, 0.6) is 5.75 Å². The van der Waals surface area contributed by atoms with E-state index in [0.717, 1.165) is 50.5 Å². The van der Waals surface area contributed by atoms with Crippen LogP contribution in [0.4, 0.5) is 5.69 Å². The highest BCUT2D eigenvalue weighted by molar-refractivity contribution is 5.81. The van der Waals surface area contributed by atoms with Gasteiger partial charge in [0.25, 0.3) is 0 Å². The molecule has 2 aliphatic rings. The summed E-state index contributed by atoms with van der Waals surface area (Å²) in [7, 11) is 0. The second-order valence-corrected chi connectivity index (χ2v) is 5.49. The first-order valence-corrected chi connectivity index (χ1v) is 7.55. The van der Waals surface area contributed by atoms with Gasteiger partial charge in [0.1, 0.15) is 5.75 Å². The zero-order valence-corrected chi connectivity index (χ0v) is 12.0. The van der Waals surface area contributed by atoms with E-state index in [-0.39, 0.29) is 0 Å². The molecule has 1 aliphatic carbocycles. The first kappa shape index (κ1) is 13.3. The van der Waals surface area contributed by atoms with Gasteiger partial charge in [-0.15, -0.1) is 0 Å². The lowest BCUT2D eigenvalue weighted by Crippen LogP contribution is -2.49. The van der Waals surface area contributed by atoms with Gasteiger partial charge in [0.05, 0.1) is 12.3 Å². The minimum absolute atomic E-state index is 0.331. The Kier molecular flexibility index (Phi) is 3.81. The van der Waals surface area contributed by atoms with Gasteiger partial charge in [-0.3, -0.25) is 4.79 Å². The molecular formula is C16H22N2O2. The van der Waals surface area contributed by atoms with Gasteiger partial charge in [0.2, 0.25) is 5.91 Å². The molecule has 1 aromatic rings. The molecule has 1 saturated heterocycles. The molecule has 108 valence electrons. The van der Waals surface area contributed by atoms with Crippen LogP contribution in [0.2, 0.25) is 0 Å². The van der Waals surface area contributed by atoms with Crippen LogP contribution in [0.3, 0.4) is 0 Å². The van der Waals surface area contributed by atoms with Gasteiger partial charge in [-0.25, -0.2) is 0 Å². The Balaban J connectivity index is 1.64. The van der Waals surface area contributed by atoms with Crippen LogP contribution >= 0.6 is 0 Å². The van der Waals surface area contributed by atoms with Gasteiger partial charge in [-0.1, -0.05) is 12.1 Å². The van der Waals surface area contributed by atoms with Crippen molar-refractivity contribution in [2.75, 3.05) is 37.7 Å². The van der Waals surface area contributed by atoms with E-state index in [1.165, 1.54) is 0 Å². The number of benzene rings is 1. The third-order valence-electron chi connectivity index (χ3n) is 4.02. The van der Waals surface area contributed by atoms with Crippen LogP contribution in [-0.2, 0) is 4.79 Å². The van der Waals surface area contributed by atoms with E-state index in [9.17, 15) is 4.79 Å². The summed E-state index contributed by atoms with van der Waals surface area (Å²) in [4.78, 5) is 16.4. The third kappa shape index (κ3) is 2.74. The Morgan fingerprint density at radius 1 is 1.20 bits per heavy atom. The highest BCUT2D eigenvalue weighted by Crippen LogP contribution is 2.32. The number of carbonyl (C=O) groups is 1. The average molecular weight is 274 g/mol. The maximum atomic E-state index is 12.1. The van der Waals surface area contributed by atoms with Crippen molar-refractivity contribution in [1.29, 1.82) is 0 Å². The van der Waals surface area contributed by atoms with E-state index < -0.39 is 0 Å². The lowest BCUT2D eigenvalue weighted by molar-refractivity contribution is -0.132. The standard InChI is InChI=1S/C16H22N2O2/c1-2-20-15-6-4-3-5-14(15)17-9-11-18(12-10-17)16(19)13-7-8-13/h3-6,13H,2,7-12H2,1H3. The summed E-state index contributed by atoms with van der Waals surface area (Å²) >= 11 is 0. The van der Waals surface area contributed by atoms with Crippen molar-refractivity contribution < 1.29 is 9.53 Å². The molecule has 0 radical (unpaired) electrons. The minimum Gasteiger partial charge on any atom is -0.492 e. The molecule has 0 bridgehead atoms. The number of hydrogen-bond donors (Lipinski definition) is 0. The quantitative estimate of drug-likeness (QED) is 0.843. The fourth-order valence-corrected chi connectivity index (χ4v) is 2.75. The van der Waals surface area contributed by atoms with Crippen molar-refractivity contribution in [1.82, 2.24) is 4.90 Å². The molecule has 1 aliphatic heterocycles. The summed E-state index contributed by atoms with van der Waals surface area (Å²) < 4.78 is 5.69. The molecule has 1 amide bonds. The first-order chi connectivity index (χ1) is 9.79. The third-order valence-corrected chi connectivity index (χ3v) is 4.02. The van der Waals surface area contributed by atoms with Crippen LogP contribution in [-0.4, -0.2) is 43.6 Å². The van der Waals surface area contributed by atoms with Crippen molar-refractivity contribution in [2.45, 2.75) is 19.8 Å². The Morgan fingerprint density at radius 3 is 2.55 bits per heavy atom. The topological polar surface area (TPSA) is 32.8 Å². The van der Waals surface area contributed by atoms with E-state index in [0.29, 0.717) is 18.4 Å². The summed E-state index contributed by atoms with van der Waals surface area (Å²) in [5.74, 6) is 1.64. The summed E-state index contributed by atoms with van der Waals surface area (Å²) in [5.41, 5.74) is 1.15. The number of ether oxygens (including phenoxy) is 1. The molecule has 4 nitrogen and oxygen atoms in total. The van der Waals surface area contributed by atoms with E-state index in [4.69, 9.17) is 4.74 Å². The molecular weight excluding hydrogens is 252 g/mol. The number of amides is 1. The summed E-state index contributed by atoms with van der Waals surface area (Å²) in [5, 5.41) is 0. The fraction of sp³-hybridized carbons (Fsp3) is 0.562. The molecule has 1 heterocycles. The first-order valence-electron chi connectivity index (χ1n) is 7.55. The maximum absolute atomic E-state index is 12.1. The molecule has 1 saturated carbocycles. The molecule has 20 heavy (non-hydrogen) atoms. The van der Waals surface area contributed by atoms with Crippen molar-refractivity contribution >= 4 is 11.6 Å². The summed E-state index contributed by atoms with van der Waals surface area (Å²) in [6.45, 7) is 6.12. The molecule has 0 spiro atoms. The molecule has 0 unspecified atom stereocenters. The van der Waals surface area contributed by atoms with E-state index in [2.05, 4.69) is 11.0 Å². The molecule has 1 aromatic carbocycles. The smallest absolute Gasteiger partial charge is 0.225 e. The Morgan fingerprint density at radius 2 is 1.90 bits per heavy atom. The Hall–Kier alpha value is -1.71. The zero-order valence-electron chi connectivity index (χ0n) is 12.0. The van der Waals surface area contributed by atoms with Gasteiger partial charge in [-0.2, -0.15) is 0 Å². The number of para-hydroxylation sites is 2. The monoisotopic (exact) mass is 274 g/mol. The van der Waals surface area contributed by atoms with Crippen LogP contribution in [0.15, 0.2) is 24.3 Å². The average Bonchev–Trinajstić information content (AvgIpc) is 3.32. The number of anilines is 1. The van der Waals surface area contributed by atoms with Crippen molar-refractivity contribution in [2.24, 2.45) is 5.92 Å². The molecule has 3 rings (SSSR count). The highest BCUT2D eigenvalue weighted by atomic mass is 16.5. The lowest BCUT2D eigenvalue weighted by Gasteiger charge is -2.36. The van der Waals surface area contributed by atoms with Gasteiger partial charge in [-0.05, 0) is 31.9 Å². The van der Waals surface area contributed by atoms with E-state index in [1.807, 2.05) is 30.0 Å². The zero-order chi connectivity index (χ0) is 13.9. The van der Waals surface area contributed by atoms with Crippen LogP contribution < -0.4 is 9.64 Å². The minimum atomic E-state index is 0.331. The molecule has 4 heteroatoms. The molecule has 2 fully saturated rings. The second kappa shape index (κ2) is 5.73. The van der Waals surface area contributed by atoms with Gasteiger partial charge < -0.3 is 14.5 Å². The lowest BCUT2D eigenvalue weighted by atomic mass is 10.2. The van der Waals surface area contributed by atoms with E-state index in [1.54, 1.807) is 0 Å². The highest BCUT2D eigenvalue weighted by Gasteiger charge is 2.34. The predicted molar refractivity (Wildman–Crippen MR) is 79.1 cm³/mol. The number of piperazine rings is 1. The van der Waals surface area contributed by atoms with Crippen molar-refractivity contribution in [3.63, 3.8) is 0 Å². The number of carbonyl (C=O) groups excluding carboxylic acids is 1. The Labute approximate surface area is 120 Å². The van der Waals surface area contributed by atoms with Crippen LogP contribution in [0, 0.1) is 5.92 Å². The van der Waals surface area contributed by atoms with Crippen LogP contribution in [0.1, 0.15) is 19.8 Å². The summed E-state index contributed by atoms with van der Waals surface area (Å²) in [6, 6.07) is 8.16. The fourth-order valence-electron chi connectivity index (χ4n) is 2.75. The largest absolute Gasteiger partial charge is 0.492 e. The number of hydrogen-bond acceptors (Lipinski definition) is 3. The van der Waals surface area contributed by atoms with Crippen molar-refractivity contribution in [3.8, 4) is 5.75 Å². The SMILES string of the molecule is CCOc1ccccc1N1CCN(C(=O)C2CC2)CC1. The van der Waals surface area contributed by atoms with E-state index >= 15 is 0 Å². The molecule has 0 N–H and O–H groups in total. The summed E-state index contributed by atoms with van der Waals surface area (Å²) in [6.07, 6.45) is 2.18. The molecule has 0 aromatic heterocycles. The number of rotatable bonds is 4. The van der Waals surface area contributed by atoms with Gasteiger partial charge in [0, 0.05) is 32.1 Å². The predicted octanol–water partition coefficient (Wildman–Crippen LogP) is 2.14.